The highest BCUT2D eigenvalue weighted by atomic mass is 32.2. The smallest absolute Gasteiger partial charge is 0.490 e. The summed E-state index contributed by atoms with van der Waals surface area (Å²) < 4.78 is 121. The molecular weight excluding hydrogens is 601 g/mol. The fourth-order valence-electron chi connectivity index (χ4n) is 4.60. The molecule has 2 aromatic carbocycles. The van der Waals surface area contributed by atoms with Crippen LogP contribution < -0.4 is 4.74 Å². The third-order valence-electron chi connectivity index (χ3n) is 6.74. The van der Waals surface area contributed by atoms with Gasteiger partial charge in [-0.15, -0.1) is 0 Å². The van der Waals surface area contributed by atoms with Crippen LogP contribution in [0, 0.1) is 5.82 Å². The van der Waals surface area contributed by atoms with Gasteiger partial charge in [-0.1, -0.05) is 16.6 Å². The number of hydrogen-bond donors (Lipinski definition) is 0. The van der Waals surface area contributed by atoms with Crippen LogP contribution in [0.1, 0.15) is 58.6 Å². The number of nitrogens with zero attached hydrogens (tertiary/aromatic N) is 2. The summed E-state index contributed by atoms with van der Waals surface area (Å²) in [6.07, 6.45) is -8.11. The molecule has 0 radical (unpaired) electrons. The number of amides is 1. The number of hydrogen-bond acceptors (Lipinski definition) is 7. The first-order chi connectivity index (χ1) is 19.4. The minimum absolute atomic E-state index is 0.0886. The molecule has 1 aliphatic heterocycles. The molecule has 0 N–H and O–H groups in total. The van der Waals surface area contributed by atoms with E-state index in [1.165, 1.54) is 18.2 Å². The lowest BCUT2D eigenvalue weighted by Gasteiger charge is -2.33. The molecule has 0 spiro atoms. The number of carbonyl (C=O) groups is 2. The van der Waals surface area contributed by atoms with Gasteiger partial charge in [-0.25, -0.2) is 17.6 Å². The maximum atomic E-state index is 15.6. The molecule has 2 fully saturated rings. The Morgan fingerprint density at radius 2 is 1.64 bits per heavy atom. The predicted octanol–water partition coefficient (Wildman–Crippen LogP) is 5.19. The molecule has 0 aromatic heterocycles. The first-order valence-electron chi connectivity index (χ1n) is 12.7. The summed E-state index contributed by atoms with van der Waals surface area (Å²) >= 11 is 0. The second-order valence-corrected chi connectivity index (χ2v) is 11.9. The Morgan fingerprint density at radius 3 is 2.19 bits per heavy atom. The van der Waals surface area contributed by atoms with E-state index in [0.717, 1.165) is 18.2 Å². The Hall–Kier alpha value is -3.40. The van der Waals surface area contributed by atoms with E-state index in [1.807, 2.05) is 4.90 Å². The number of sulfonamides is 1. The Kier molecular flexibility index (Phi) is 8.79. The van der Waals surface area contributed by atoms with Crippen LogP contribution in [-0.4, -0.2) is 61.3 Å². The van der Waals surface area contributed by atoms with Gasteiger partial charge in [0, 0.05) is 19.6 Å². The number of alkyl halides is 6. The van der Waals surface area contributed by atoms with Crippen LogP contribution in [0.3, 0.4) is 0 Å². The van der Waals surface area contributed by atoms with Crippen molar-refractivity contribution < 1.29 is 58.3 Å². The first kappa shape index (κ1) is 31.5. The average molecular weight is 627 g/mol. The third-order valence-corrected chi connectivity index (χ3v) is 7.59. The number of benzene rings is 2. The molecule has 8 nitrogen and oxygen atoms in total. The van der Waals surface area contributed by atoms with E-state index in [0.29, 0.717) is 50.6 Å². The third kappa shape index (κ3) is 7.51. The van der Waals surface area contributed by atoms with Crippen molar-refractivity contribution in [1.29, 1.82) is 0 Å². The summed E-state index contributed by atoms with van der Waals surface area (Å²) in [4.78, 5) is 29.8. The number of rotatable bonds is 7. The number of carbonyl (C=O) groups excluding carboxylic acids is 2. The van der Waals surface area contributed by atoms with Gasteiger partial charge < -0.3 is 9.57 Å². The molecule has 2 aliphatic rings. The van der Waals surface area contributed by atoms with Crippen LogP contribution in [0.25, 0.3) is 0 Å². The maximum absolute atomic E-state index is 15.6. The molecule has 1 amide bonds. The molecule has 16 heteroatoms. The monoisotopic (exact) mass is 626 g/mol. The van der Waals surface area contributed by atoms with Gasteiger partial charge in [0.25, 0.3) is 10.0 Å². The van der Waals surface area contributed by atoms with E-state index in [4.69, 9.17) is 4.74 Å². The highest BCUT2D eigenvalue weighted by molar-refractivity contribution is 7.88. The fourth-order valence-corrected chi connectivity index (χ4v) is 5.20. The van der Waals surface area contributed by atoms with Gasteiger partial charge in [0.15, 0.2) is 0 Å². The van der Waals surface area contributed by atoms with E-state index in [1.54, 1.807) is 0 Å². The van der Waals surface area contributed by atoms with Crippen molar-refractivity contribution in [1.82, 2.24) is 9.37 Å². The molecule has 1 saturated heterocycles. The zero-order chi connectivity index (χ0) is 31.0. The van der Waals surface area contributed by atoms with E-state index in [2.05, 4.69) is 4.84 Å². The Morgan fingerprint density at radius 1 is 1.00 bits per heavy atom. The molecule has 0 atom stereocenters. The van der Waals surface area contributed by atoms with E-state index in [9.17, 15) is 44.3 Å². The molecule has 0 bridgehead atoms. The molecule has 1 aliphatic carbocycles. The zero-order valence-corrected chi connectivity index (χ0v) is 22.8. The summed E-state index contributed by atoms with van der Waals surface area (Å²) in [6.45, 7) is 1.11. The van der Waals surface area contributed by atoms with Gasteiger partial charge in [0.1, 0.15) is 17.7 Å². The van der Waals surface area contributed by atoms with Gasteiger partial charge in [-0.05, 0) is 67.0 Å². The van der Waals surface area contributed by atoms with Crippen molar-refractivity contribution in [3.05, 3.63) is 64.5 Å². The largest absolute Gasteiger partial charge is 0.493 e. The number of likely N-dealkylation sites (tertiary alicyclic amines) is 1. The predicted molar refractivity (Wildman–Crippen MR) is 132 cm³/mol. The van der Waals surface area contributed by atoms with Crippen LogP contribution in [-0.2, 0) is 32.4 Å². The van der Waals surface area contributed by atoms with E-state index >= 15 is 4.39 Å². The summed E-state index contributed by atoms with van der Waals surface area (Å²) in [5.74, 6) is -6.11. The molecule has 1 saturated carbocycles. The van der Waals surface area contributed by atoms with E-state index in [-0.39, 0.29) is 29.9 Å². The van der Waals surface area contributed by atoms with E-state index < -0.39 is 55.7 Å². The molecule has 0 unspecified atom stereocenters. The number of piperidine rings is 1. The lowest BCUT2D eigenvalue weighted by molar-refractivity contribution is -0.216. The Labute approximate surface area is 236 Å². The van der Waals surface area contributed by atoms with Crippen molar-refractivity contribution in [3.8, 4) is 5.75 Å². The van der Waals surface area contributed by atoms with Gasteiger partial charge in [0.05, 0.1) is 17.4 Å². The van der Waals surface area contributed by atoms with Crippen LogP contribution in [0.4, 0.5) is 30.7 Å². The van der Waals surface area contributed by atoms with Crippen LogP contribution in [0.5, 0.6) is 5.75 Å². The number of hydroxylamine groups is 1. The SMILES string of the molecule is CS(=O)(=O)N(OC(=O)C(F)(F)F)C(=O)c1ccc(CN2CCC(Oc3cccc(C(F)(F)F)c3)CC2)c(C2CC2)c1F. The Balaban J connectivity index is 1.47. The maximum Gasteiger partial charge on any atom is 0.493 e. The van der Waals surface area contributed by atoms with Gasteiger partial charge in [-0.2, -0.15) is 26.3 Å². The highest BCUT2D eigenvalue weighted by Gasteiger charge is 2.46. The highest BCUT2D eigenvalue weighted by Crippen LogP contribution is 2.44. The van der Waals surface area contributed by atoms with Crippen LogP contribution in [0.2, 0.25) is 0 Å². The number of halogens is 7. The van der Waals surface area contributed by atoms with Crippen molar-refractivity contribution in [2.24, 2.45) is 0 Å². The quantitative estimate of drug-likeness (QED) is 0.309. The number of ether oxygens (including phenoxy) is 1. The average Bonchev–Trinajstić information content (AvgIpc) is 3.72. The lowest BCUT2D eigenvalue weighted by atomic mass is 9.97. The second kappa shape index (κ2) is 11.7. The van der Waals surface area contributed by atoms with Crippen molar-refractivity contribution in [2.75, 3.05) is 19.3 Å². The lowest BCUT2D eigenvalue weighted by Crippen LogP contribution is -2.42. The summed E-state index contributed by atoms with van der Waals surface area (Å²) in [6, 6.07) is 6.84. The summed E-state index contributed by atoms with van der Waals surface area (Å²) in [7, 11) is -4.87. The van der Waals surface area contributed by atoms with Crippen molar-refractivity contribution in [3.63, 3.8) is 0 Å². The second-order valence-electron chi connectivity index (χ2n) is 10.1. The van der Waals surface area contributed by atoms with Gasteiger partial charge in [-0.3, -0.25) is 9.69 Å². The van der Waals surface area contributed by atoms with Crippen molar-refractivity contribution >= 4 is 21.9 Å². The zero-order valence-electron chi connectivity index (χ0n) is 22.0. The molecular formula is C26H25F7N2O6S. The Bertz CT molecular complexity index is 1450. The van der Waals surface area contributed by atoms with Gasteiger partial charge >= 0.3 is 24.2 Å². The topological polar surface area (TPSA) is 93.2 Å². The van der Waals surface area contributed by atoms with Crippen LogP contribution >= 0.6 is 0 Å². The minimum Gasteiger partial charge on any atom is -0.490 e. The standard InChI is InChI=1S/C26H25F7N2O6S/c1-42(38,39)35(41-24(37)26(31,32)33)23(36)20-8-7-16(21(22(20)27)15-5-6-15)14-34-11-9-18(10-12-34)40-19-4-2-3-17(13-19)25(28,29)30/h2-4,7-8,13,15,18H,5-6,9-12,14H2,1H3. The summed E-state index contributed by atoms with van der Waals surface area (Å²) in [5, 5.41) is 0. The minimum atomic E-state index is -5.61. The molecule has 4 rings (SSSR count). The molecule has 1 heterocycles. The molecule has 42 heavy (non-hydrogen) atoms. The normalized spacial score (nSPS) is 17.1. The molecule has 2 aromatic rings. The van der Waals surface area contributed by atoms with Crippen molar-refractivity contribution in [2.45, 2.75) is 56.6 Å². The van der Waals surface area contributed by atoms with Gasteiger partial charge in [0.2, 0.25) is 0 Å². The van der Waals surface area contributed by atoms with Crippen LogP contribution in [0.15, 0.2) is 36.4 Å². The fraction of sp³-hybridized carbons (Fsp3) is 0.462. The summed E-state index contributed by atoms with van der Waals surface area (Å²) in [5.41, 5.74) is -1.12. The first-order valence-corrected chi connectivity index (χ1v) is 14.5. The molecule has 230 valence electrons.